The first-order chi connectivity index (χ1) is 16.8. The second-order valence-electron chi connectivity index (χ2n) is 7.19. The van der Waals surface area contributed by atoms with Gasteiger partial charge in [0.1, 0.15) is 5.60 Å². The molecule has 0 saturated carbocycles. The van der Waals surface area contributed by atoms with Gasteiger partial charge in [0.2, 0.25) is 5.24 Å². The number of esters is 2. The first-order valence-electron chi connectivity index (χ1n) is 11.7. The molecule has 0 spiro atoms. The molecule has 2 atom stereocenters. The summed E-state index contributed by atoms with van der Waals surface area (Å²) in [6.45, 7) is 17.7. The number of hydrogen-bond acceptors (Lipinski definition) is 7. The highest BCUT2D eigenvalue weighted by molar-refractivity contribution is 6.66. The molecule has 2 unspecified atom stereocenters. The summed E-state index contributed by atoms with van der Waals surface area (Å²) in [7, 11) is 1.25. The van der Waals surface area contributed by atoms with Gasteiger partial charge in [0, 0.05) is 20.1 Å². The Balaban J connectivity index is -0.000000140. The van der Waals surface area contributed by atoms with Gasteiger partial charge in [-0.1, -0.05) is 41.0 Å². The van der Waals surface area contributed by atoms with Crippen LogP contribution >= 0.6 is 34.8 Å². The van der Waals surface area contributed by atoms with Crippen LogP contribution in [0.2, 0.25) is 0 Å². The van der Waals surface area contributed by atoms with Crippen LogP contribution < -0.4 is 0 Å². The van der Waals surface area contributed by atoms with E-state index in [4.69, 9.17) is 50.8 Å². The van der Waals surface area contributed by atoms with Crippen molar-refractivity contribution in [1.82, 2.24) is 0 Å². The van der Waals surface area contributed by atoms with Gasteiger partial charge in [-0.25, -0.2) is 9.59 Å². The van der Waals surface area contributed by atoms with Crippen molar-refractivity contribution in [2.24, 2.45) is 0 Å². The lowest BCUT2D eigenvalue weighted by Crippen LogP contribution is -2.30. The molecule has 0 aliphatic rings. The molecule has 0 fully saturated rings. The Kier molecular flexibility index (Phi) is 33.6. The summed E-state index contributed by atoms with van der Waals surface area (Å²) < 4.78 is 15.8. The molecule has 0 bridgehead atoms. The lowest BCUT2D eigenvalue weighted by Gasteiger charge is -2.27. The maximum Gasteiger partial charge on any atom is 0.330 e. The number of rotatable bonds is 13. The quantitative estimate of drug-likeness (QED) is 0.0886. The van der Waals surface area contributed by atoms with E-state index in [-0.39, 0.29) is 11.9 Å². The zero-order chi connectivity index (χ0) is 29.6. The van der Waals surface area contributed by atoms with E-state index >= 15 is 0 Å². The fraction of sp³-hybridized carbons (Fsp3) is 0.640. The highest BCUT2D eigenvalue weighted by atomic mass is 35.5. The average molecular weight is 565 g/mol. The Morgan fingerprint density at radius 2 is 1.43 bits per heavy atom. The number of aliphatic hydroxyl groups excluding tert-OH is 1. The Morgan fingerprint density at radius 3 is 1.74 bits per heavy atom. The van der Waals surface area contributed by atoms with Crippen LogP contribution in [0, 0.1) is 0 Å². The van der Waals surface area contributed by atoms with Crippen LogP contribution in [0.25, 0.3) is 0 Å². The van der Waals surface area contributed by atoms with E-state index in [0.29, 0.717) is 38.7 Å². The van der Waals surface area contributed by atoms with Gasteiger partial charge in [-0.15, -0.1) is 23.2 Å². The lowest BCUT2D eigenvalue weighted by atomic mass is 9.97. The molecular formula is C25H45Cl3O7. The number of hydrogen-bond donors (Lipinski definition) is 2. The fourth-order valence-electron chi connectivity index (χ4n) is 1.90. The number of carbonyl (C=O) groups excluding carboxylic acids is 3. The first-order valence-corrected chi connectivity index (χ1v) is 12.1. The van der Waals surface area contributed by atoms with Crippen LogP contribution in [-0.2, 0) is 23.9 Å². The van der Waals surface area contributed by atoms with E-state index in [9.17, 15) is 19.5 Å². The Bertz CT molecular complexity index is 588. The summed E-state index contributed by atoms with van der Waals surface area (Å²) in [6, 6.07) is 0. The van der Waals surface area contributed by atoms with Crippen molar-refractivity contribution in [3.8, 4) is 0 Å². The zero-order valence-electron chi connectivity index (χ0n) is 22.8. The summed E-state index contributed by atoms with van der Waals surface area (Å²) in [5, 5.41) is 17.4. The Morgan fingerprint density at radius 1 is 0.971 bits per heavy atom. The molecule has 0 aliphatic carbocycles. The summed E-state index contributed by atoms with van der Waals surface area (Å²) in [5.41, 5.74) is -1.10. The molecule has 0 aromatic heterocycles. The monoisotopic (exact) mass is 563 g/mol. The van der Waals surface area contributed by atoms with Crippen LogP contribution in [0.5, 0.6) is 0 Å². The minimum atomic E-state index is -0.567. The zero-order valence-corrected chi connectivity index (χ0v) is 24.1. The highest BCUT2D eigenvalue weighted by Crippen LogP contribution is 2.22. The van der Waals surface area contributed by atoms with E-state index in [0.717, 1.165) is 24.6 Å². The molecule has 0 aromatic rings. The van der Waals surface area contributed by atoms with Gasteiger partial charge in [0.15, 0.2) is 0 Å². The SMILES string of the molecule is C=CC(=O)Cl.C=CC(=O)OCCCC(C)(CC)OC(=O)C=C.CCC(C)(O)CCCO.ClCCl.[2H]C. The molecule has 35 heavy (non-hydrogen) atoms. The third-order valence-electron chi connectivity index (χ3n) is 4.32. The van der Waals surface area contributed by atoms with Gasteiger partial charge in [-0.3, -0.25) is 4.79 Å². The molecule has 2 N–H and O–H groups in total. The maximum atomic E-state index is 11.1. The molecule has 0 heterocycles. The molecule has 0 aliphatic heterocycles. The van der Waals surface area contributed by atoms with Crippen LogP contribution in [-0.4, -0.2) is 57.1 Å². The van der Waals surface area contributed by atoms with Crippen molar-refractivity contribution in [1.29, 1.82) is 0 Å². The van der Waals surface area contributed by atoms with E-state index in [1.54, 1.807) is 6.92 Å². The van der Waals surface area contributed by atoms with Crippen molar-refractivity contribution < 1.29 is 35.4 Å². The molecule has 208 valence electrons. The van der Waals surface area contributed by atoms with Gasteiger partial charge in [0.05, 0.1) is 17.5 Å². The van der Waals surface area contributed by atoms with Gasteiger partial charge in [0.25, 0.3) is 0 Å². The minimum absolute atomic E-state index is 0.177. The molecule has 0 amide bonds. The van der Waals surface area contributed by atoms with Crippen LogP contribution in [0.1, 0.15) is 75.0 Å². The summed E-state index contributed by atoms with van der Waals surface area (Å²) >= 11 is 14.2. The topological polar surface area (TPSA) is 110 Å². The third kappa shape index (κ3) is 37.3. The predicted octanol–water partition coefficient (Wildman–Crippen LogP) is 6.31. The predicted molar refractivity (Wildman–Crippen MR) is 147 cm³/mol. The normalized spacial score (nSPS) is 12.6. The minimum Gasteiger partial charge on any atom is -0.463 e. The summed E-state index contributed by atoms with van der Waals surface area (Å²) in [4.78, 5) is 31.4. The average Bonchev–Trinajstić information content (AvgIpc) is 2.87. The molecule has 0 radical (unpaired) electrons. The highest BCUT2D eigenvalue weighted by Gasteiger charge is 2.25. The number of aliphatic hydroxyl groups is 2. The number of ether oxygens (including phenoxy) is 2. The summed E-state index contributed by atoms with van der Waals surface area (Å²) in [5.74, 6) is -0.872. The van der Waals surface area contributed by atoms with E-state index in [2.05, 4.69) is 19.7 Å². The first kappa shape index (κ1) is 40.8. The van der Waals surface area contributed by atoms with Crippen LogP contribution in [0.15, 0.2) is 38.0 Å². The smallest absolute Gasteiger partial charge is 0.330 e. The van der Waals surface area contributed by atoms with Crippen molar-refractivity contribution in [3.63, 3.8) is 0 Å². The molecule has 7 nitrogen and oxygen atoms in total. The molecule has 0 rings (SSSR count). The van der Waals surface area contributed by atoms with Crippen molar-refractivity contribution >= 4 is 52.0 Å². The second kappa shape index (κ2) is 28.9. The largest absolute Gasteiger partial charge is 0.463 e. The van der Waals surface area contributed by atoms with Gasteiger partial charge in [-0.2, -0.15) is 0 Å². The third-order valence-corrected chi connectivity index (χ3v) is 4.47. The van der Waals surface area contributed by atoms with E-state index in [1.807, 2.05) is 20.8 Å². The number of carbonyl (C=O) groups is 3. The van der Waals surface area contributed by atoms with Crippen LogP contribution in [0.3, 0.4) is 0 Å². The Labute approximate surface area is 228 Å². The lowest BCUT2D eigenvalue weighted by molar-refractivity contribution is -0.154. The molecule has 10 heteroatoms. The molecular weight excluding hydrogens is 519 g/mol. The fourth-order valence-corrected chi connectivity index (χ4v) is 1.90. The van der Waals surface area contributed by atoms with Crippen molar-refractivity contribution in [2.45, 2.75) is 84.8 Å². The van der Waals surface area contributed by atoms with Crippen LogP contribution in [0.4, 0.5) is 0 Å². The Hall–Kier alpha value is -1.38. The van der Waals surface area contributed by atoms with Gasteiger partial charge in [-0.05, 0) is 70.0 Å². The van der Waals surface area contributed by atoms with Crippen molar-refractivity contribution in [2.75, 3.05) is 18.6 Å². The number of halogens is 3. The second-order valence-corrected chi connectivity index (χ2v) is 8.37. The van der Waals surface area contributed by atoms with E-state index < -0.39 is 28.4 Å². The van der Waals surface area contributed by atoms with Gasteiger partial charge < -0.3 is 19.7 Å². The number of allylic oxidation sites excluding steroid dienone is 1. The standard InChI is InChI=1S/C13H20O4.C7H16O2.C3H3ClO.CH2Cl2.CH4/c1-5-11(14)16-10-8-9-13(4,7-3)17-12(15)6-2;1-3-7(2,9)5-4-6-8;1-2-3(4)5;2-1-3;/h5-6H,1-2,7-10H2,3-4H3;8-9H,3-6H2,1-2H3;2H,1H2;1H2;1H4/i;;;;1D. The molecule has 0 saturated heterocycles. The maximum absolute atomic E-state index is 11.1. The van der Waals surface area contributed by atoms with Crippen molar-refractivity contribution in [3.05, 3.63) is 38.0 Å². The number of alkyl halides is 2. The summed E-state index contributed by atoms with van der Waals surface area (Å²) in [6.07, 6.45) is 7.42. The molecule has 0 aromatic carbocycles. The van der Waals surface area contributed by atoms with E-state index in [1.165, 1.54) is 7.40 Å². The van der Waals surface area contributed by atoms with Gasteiger partial charge >= 0.3 is 11.9 Å².